The summed E-state index contributed by atoms with van der Waals surface area (Å²) in [5, 5.41) is 3.64. The maximum absolute atomic E-state index is 13.5. The van der Waals surface area contributed by atoms with Crippen molar-refractivity contribution in [3.63, 3.8) is 0 Å². The third-order valence-electron chi connectivity index (χ3n) is 5.84. The molecule has 3 fully saturated rings. The van der Waals surface area contributed by atoms with Crippen LogP contribution in [-0.2, 0) is 4.79 Å². The van der Waals surface area contributed by atoms with Crippen LogP contribution in [0.15, 0.2) is 24.3 Å². The van der Waals surface area contributed by atoms with Crippen LogP contribution < -0.4 is 5.32 Å². The van der Waals surface area contributed by atoms with Crippen LogP contribution >= 0.6 is 12.4 Å². The van der Waals surface area contributed by atoms with Crippen LogP contribution in [0.2, 0.25) is 0 Å². The molecule has 3 unspecified atom stereocenters. The molecule has 3 aliphatic heterocycles. The lowest BCUT2D eigenvalue weighted by molar-refractivity contribution is -0.133. The fraction of sp³-hybridized carbons (Fsp3) is 0.632. The highest BCUT2D eigenvalue weighted by molar-refractivity contribution is 5.85. The first-order valence-corrected chi connectivity index (χ1v) is 9.00. The number of likely N-dealkylation sites (tertiary alicyclic amines) is 1. The van der Waals surface area contributed by atoms with Gasteiger partial charge in [0.25, 0.3) is 0 Å². The Morgan fingerprint density at radius 1 is 1.21 bits per heavy atom. The summed E-state index contributed by atoms with van der Waals surface area (Å²) < 4.78 is 13.5. The normalized spacial score (nSPS) is 31.8. The van der Waals surface area contributed by atoms with E-state index in [0.717, 1.165) is 37.8 Å². The number of amides is 1. The third kappa shape index (κ3) is 3.60. The Morgan fingerprint density at radius 3 is 2.67 bits per heavy atom. The Bertz CT molecular complexity index is 584. The molecule has 3 nitrogen and oxygen atoms in total. The van der Waals surface area contributed by atoms with E-state index in [4.69, 9.17) is 0 Å². The molecular formula is C19H26ClFN2O. The van der Waals surface area contributed by atoms with Crippen molar-refractivity contribution in [2.24, 2.45) is 5.92 Å². The molecule has 1 N–H and O–H groups in total. The molecule has 24 heavy (non-hydrogen) atoms. The standard InChI is InChI=1S/C19H25FN2O.ClH/c20-15-4-1-3-14(12-15)18-5-2-8-22(18)19(23)11-13-9-16-6-7-17(10-13)21-16;/h1,3-4,12-13,16-18,21H,2,5-11H2;1H. The van der Waals surface area contributed by atoms with Gasteiger partial charge in [0.1, 0.15) is 5.82 Å². The Morgan fingerprint density at radius 2 is 1.96 bits per heavy atom. The number of rotatable bonds is 3. The molecule has 3 heterocycles. The van der Waals surface area contributed by atoms with Gasteiger partial charge in [-0.05, 0) is 62.1 Å². The summed E-state index contributed by atoms with van der Waals surface area (Å²) in [7, 11) is 0. The van der Waals surface area contributed by atoms with E-state index in [1.165, 1.54) is 18.9 Å². The number of fused-ring (bicyclic) bond motifs is 2. The second-order valence-corrected chi connectivity index (χ2v) is 7.48. The summed E-state index contributed by atoms with van der Waals surface area (Å²) >= 11 is 0. The zero-order valence-corrected chi connectivity index (χ0v) is 14.7. The van der Waals surface area contributed by atoms with Gasteiger partial charge in [-0.3, -0.25) is 4.79 Å². The third-order valence-corrected chi connectivity index (χ3v) is 5.84. The summed E-state index contributed by atoms with van der Waals surface area (Å²) in [5.41, 5.74) is 0.946. The summed E-state index contributed by atoms with van der Waals surface area (Å²) in [5.74, 6) is 0.579. The van der Waals surface area contributed by atoms with Crippen LogP contribution in [0.1, 0.15) is 56.6 Å². The Balaban J connectivity index is 0.00000169. The molecule has 1 amide bonds. The van der Waals surface area contributed by atoms with Crippen molar-refractivity contribution in [2.75, 3.05) is 6.54 Å². The predicted molar refractivity (Wildman–Crippen MR) is 94.6 cm³/mol. The highest BCUT2D eigenvalue weighted by Gasteiger charge is 2.36. The molecule has 132 valence electrons. The van der Waals surface area contributed by atoms with E-state index in [1.54, 1.807) is 12.1 Å². The van der Waals surface area contributed by atoms with Crippen molar-refractivity contribution in [3.8, 4) is 0 Å². The molecule has 0 aliphatic carbocycles. The smallest absolute Gasteiger partial charge is 0.223 e. The summed E-state index contributed by atoms with van der Waals surface area (Å²) in [6.07, 6.45) is 7.45. The molecule has 3 saturated heterocycles. The molecule has 0 radical (unpaired) electrons. The van der Waals surface area contributed by atoms with E-state index in [2.05, 4.69) is 5.32 Å². The Labute approximate surface area is 149 Å². The number of nitrogens with zero attached hydrogens (tertiary/aromatic N) is 1. The topological polar surface area (TPSA) is 32.3 Å². The SMILES string of the molecule is Cl.O=C(CC1CC2CCC(C1)N2)N1CCCC1c1cccc(F)c1. The van der Waals surface area contributed by atoms with Crippen molar-refractivity contribution in [3.05, 3.63) is 35.6 Å². The van der Waals surface area contributed by atoms with E-state index in [0.29, 0.717) is 24.4 Å². The number of hydrogen-bond acceptors (Lipinski definition) is 2. The van der Waals surface area contributed by atoms with Crippen LogP contribution in [0, 0.1) is 11.7 Å². The molecular weight excluding hydrogens is 327 g/mol. The van der Waals surface area contributed by atoms with Crippen molar-refractivity contribution < 1.29 is 9.18 Å². The molecule has 0 saturated carbocycles. The van der Waals surface area contributed by atoms with Crippen LogP contribution in [0.5, 0.6) is 0 Å². The van der Waals surface area contributed by atoms with Gasteiger partial charge in [0.2, 0.25) is 5.91 Å². The largest absolute Gasteiger partial charge is 0.336 e. The predicted octanol–water partition coefficient (Wildman–Crippen LogP) is 3.83. The Kier molecular flexibility index (Phi) is 5.46. The molecule has 4 rings (SSSR count). The Hall–Kier alpha value is -1.13. The number of halogens is 2. The van der Waals surface area contributed by atoms with Crippen molar-refractivity contribution in [1.82, 2.24) is 10.2 Å². The minimum Gasteiger partial charge on any atom is -0.336 e. The van der Waals surface area contributed by atoms with Gasteiger partial charge in [-0.15, -0.1) is 12.4 Å². The van der Waals surface area contributed by atoms with Gasteiger partial charge in [0.05, 0.1) is 6.04 Å². The number of carbonyl (C=O) groups excluding carboxylic acids is 1. The van der Waals surface area contributed by atoms with E-state index < -0.39 is 0 Å². The van der Waals surface area contributed by atoms with Gasteiger partial charge in [0, 0.05) is 25.0 Å². The average molecular weight is 353 g/mol. The minimum atomic E-state index is -0.211. The first-order valence-electron chi connectivity index (χ1n) is 9.00. The highest BCUT2D eigenvalue weighted by Crippen LogP contribution is 2.36. The molecule has 5 heteroatoms. The van der Waals surface area contributed by atoms with Gasteiger partial charge in [0.15, 0.2) is 0 Å². The van der Waals surface area contributed by atoms with Gasteiger partial charge in [-0.1, -0.05) is 12.1 Å². The van der Waals surface area contributed by atoms with Gasteiger partial charge >= 0.3 is 0 Å². The number of benzene rings is 1. The number of hydrogen-bond donors (Lipinski definition) is 1. The van der Waals surface area contributed by atoms with E-state index in [1.807, 2.05) is 11.0 Å². The number of carbonyl (C=O) groups is 1. The monoisotopic (exact) mass is 352 g/mol. The van der Waals surface area contributed by atoms with Crippen LogP contribution in [0.25, 0.3) is 0 Å². The van der Waals surface area contributed by atoms with E-state index in [-0.39, 0.29) is 30.2 Å². The molecule has 3 atom stereocenters. The molecule has 0 spiro atoms. The van der Waals surface area contributed by atoms with E-state index in [9.17, 15) is 9.18 Å². The molecule has 0 aromatic heterocycles. The fourth-order valence-corrected chi connectivity index (χ4v) is 4.83. The minimum absolute atomic E-state index is 0. The lowest BCUT2D eigenvalue weighted by Gasteiger charge is -2.31. The van der Waals surface area contributed by atoms with Crippen LogP contribution in [0.4, 0.5) is 4.39 Å². The summed E-state index contributed by atoms with van der Waals surface area (Å²) in [6.45, 7) is 0.817. The van der Waals surface area contributed by atoms with E-state index >= 15 is 0 Å². The van der Waals surface area contributed by atoms with Crippen molar-refractivity contribution >= 4 is 18.3 Å². The second kappa shape index (κ2) is 7.40. The lowest BCUT2D eigenvalue weighted by Crippen LogP contribution is -2.40. The zero-order chi connectivity index (χ0) is 15.8. The van der Waals surface area contributed by atoms with Gasteiger partial charge < -0.3 is 10.2 Å². The van der Waals surface area contributed by atoms with Gasteiger partial charge in [-0.25, -0.2) is 4.39 Å². The average Bonchev–Trinajstić information content (AvgIpc) is 3.14. The first-order chi connectivity index (χ1) is 11.2. The maximum atomic E-state index is 13.5. The molecule has 1 aromatic carbocycles. The van der Waals surface area contributed by atoms with Gasteiger partial charge in [-0.2, -0.15) is 0 Å². The van der Waals surface area contributed by atoms with Crippen molar-refractivity contribution in [1.29, 1.82) is 0 Å². The maximum Gasteiger partial charge on any atom is 0.223 e. The molecule has 3 aliphatic rings. The highest BCUT2D eigenvalue weighted by atomic mass is 35.5. The number of nitrogens with one attached hydrogen (secondary N) is 1. The number of piperidine rings is 1. The second-order valence-electron chi connectivity index (χ2n) is 7.48. The summed E-state index contributed by atoms with van der Waals surface area (Å²) in [6, 6.07) is 8.07. The summed E-state index contributed by atoms with van der Waals surface area (Å²) in [4.78, 5) is 14.8. The first kappa shape index (κ1) is 17.7. The zero-order valence-electron chi connectivity index (χ0n) is 13.9. The van der Waals surface area contributed by atoms with Crippen LogP contribution in [-0.4, -0.2) is 29.4 Å². The lowest BCUT2D eigenvalue weighted by atomic mass is 9.89. The fourth-order valence-electron chi connectivity index (χ4n) is 4.83. The quantitative estimate of drug-likeness (QED) is 0.896. The van der Waals surface area contributed by atoms with Crippen LogP contribution in [0.3, 0.4) is 0 Å². The van der Waals surface area contributed by atoms with Crippen molar-refractivity contribution in [2.45, 2.75) is 63.1 Å². The molecule has 2 bridgehead atoms. The molecule has 1 aromatic rings.